The van der Waals surface area contributed by atoms with Crippen LogP contribution in [0, 0.1) is 10.1 Å². The van der Waals surface area contributed by atoms with E-state index in [1.807, 2.05) is 6.92 Å². The number of anilines is 1. The first-order chi connectivity index (χ1) is 9.96. The predicted octanol–water partition coefficient (Wildman–Crippen LogP) is 1.76. The summed E-state index contributed by atoms with van der Waals surface area (Å²) in [5.41, 5.74) is 0.157. The number of nitrogens with zero attached hydrogens (tertiary/aromatic N) is 2. The molecule has 7 nitrogen and oxygen atoms in total. The van der Waals surface area contributed by atoms with Crippen LogP contribution in [0.5, 0.6) is 0 Å². The van der Waals surface area contributed by atoms with Gasteiger partial charge in [-0.25, -0.2) is 8.42 Å². The molecule has 116 valence electrons. The number of hydrogen-bond acceptors (Lipinski definition) is 6. The fourth-order valence-electron chi connectivity index (χ4n) is 2.12. The van der Waals surface area contributed by atoms with E-state index in [0.29, 0.717) is 36.8 Å². The standard InChI is InChI=1S/C12H17N3O4S2/c1-2-13-10-3-4-12(11(9-10)15(16)17)21(18,19)14-5-7-20-8-6-14/h3-4,9,13H,2,5-8H2,1H3. The molecule has 0 radical (unpaired) electrons. The van der Waals surface area contributed by atoms with Crippen molar-refractivity contribution in [1.29, 1.82) is 0 Å². The van der Waals surface area contributed by atoms with Gasteiger partial charge < -0.3 is 5.32 Å². The second-order valence-electron chi connectivity index (χ2n) is 4.49. The largest absolute Gasteiger partial charge is 0.385 e. The van der Waals surface area contributed by atoms with Crippen LogP contribution in [0.4, 0.5) is 11.4 Å². The van der Waals surface area contributed by atoms with Gasteiger partial charge >= 0.3 is 0 Å². The maximum Gasteiger partial charge on any atom is 0.291 e. The first kappa shape index (κ1) is 16.1. The summed E-state index contributed by atoms with van der Waals surface area (Å²) in [4.78, 5) is 10.3. The third-order valence-electron chi connectivity index (χ3n) is 3.12. The Bertz CT molecular complexity index is 627. The molecule has 0 spiro atoms. The highest BCUT2D eigenvalue weighted by Gasteiger charge is 2.32. The summed E-state index contributed by atoms with van der Waals surface area (Å²) in [6.45, 7) is 3.24. The molecule has 0 aromatic heterocycles. The number of thioether (sulfide) groups is 1. The van der Waals surface area contributed by atoms with E-state index in [-0.39, 0.29) is 10.6 Å². The van der Waals surface area contributed by atoms with Gasteiger partial charge in [0.05, 0.1) is 4.92 Å². The van der Waals surface area contributed by atoms with Crippen LogP contribution in [-0.2, 0) is 10.0 Å². The van der Waals surface area contributed by atoms with E-state index in [1.165, 1.54) is 16.4 Å². The van der Waals surface area contributed by atoms with E-state index in [1.54, 1.807) is 17.8 Å². The summed E-state index contributed by atoms with van der Waals surface area (Å²) >= 11 is 1.68. The number of nitro groups is 1. The van der Waals surface area contributed by atoms with Crippen LogP contribution in [-0.4, -0.2) is 48.8 Å². The fraction of sp³-hybridized carbons (Fsp3) is 0.500. The van der Waals surface area contributed by atoms with Crippen LogP contribution in [0.15, 0.2) is 23.1 Å². The second-order valence-corrected chi connectivity index (χ2v) is 7.62. The summed E-state index contributed by atoms with van der Waals surface area (Å²) < 4.78 is 26.5. The first-order valence-corrected chi connectivity index (χ1v) is 9.16. The van der Waals surface area contributed by atoms with Gasteiger partial charge in [-0.1, -0.05) is 0 Å². The predicted molar refractivity (Wildman–Crippen MR) is 83.3 cm³/mol. The van der Waals surface area contributed by atoms with Crippen molar-refractivity contribution in [3.63, 3.8) is 0 Å². The zero-order chi connectivity index (χ0) is 15.5. The van der Waals surface area contributed by atoms with E-state index >= 15 is 0 Å². The summed E-state index contributed by atoms with van der Waals surface area (Å²) in [6.07, 6.45) is 0. The number of rotatable bonds is 5. The van der Waals surface area contributed by atoms with E-state index in [4.69, 9.17) is 0 Å². The molecule has 1 heterocycles. The molecular formula is C12H17N3O4S2. The molecule has 0 unspecified atom stereocenters. The van der Waals surface area contributed by atoms with Gasteiger partial charge in [0.1, 0.15) is 0 Å². The van der Waals surface area contributed by atoms with E-state index in [2.05, 4.69) is 5.32 Å². The second kappa shape index (κ2) is 6.63. The van der Waals surface area contributed by atoms with Crippen LogP contribution >= 0.6 is 11.8 Å². The summed E-state index contributed by atoms with van der Waals surface area (Å²) in [6, 6.07) is 4.14. The Kier molecular flexibility index (Phi) is 5.07. The Morgan fingerprint density at radius 2 is 2.05 bits per heavy atom. The number of hydrogen-bond donors (Lipinski definition) is 1. The van der Waals surface area contributed by atoms with Crippen molar-refractivity contribution in [1.82, 2.24) is 4.31 Å². The zero-order valence-corrected chi connectivity index (χ0v) is 13.2. The molecule has 1 fully saturated rings. The number of nitro benzene ring substituents is 1. The molecule has 1 aliphatic heterocycles. The Morgan fingerprint density at radius 1 is 1.38 bits per heavy atom. The molecule has 1 N–H and O–H groups in total. The molecule has 1 aliphatic rings. The van der Waals surface area contributed by atoms with Crippen molar-refractivity contribution in [3.05, 3.63) is 28.3 Å². The van der Waals surface area contributed by atoms with Crippen molar-refractivity contribution >= 4 is 33.2 Å². The number of benzene rings is 1. The molecule has 2 rings (SSSR count). The minimum absolute atomic E-state index is 0.235. The Labute approximate surface area is 127 Å². The third kappa shape index (κ3) is 3.47. The molecule has 9 heteroatoms. The lowest BCUT2D eigenvalue weighted by Gasteiger charge is -2.25. The van der Waals surface area contributed by atoms with Crippen molar-refractivity contribution in [2.24, 2.45) is 0 Å². The van der Waals surface area contributed by atoms with Crippen molar-refractivity contribution in [2.75, 3.05) is 36.5 Å². The van der Waals surface area contributed by atoms with Gasteiger partial charge in [-0.15, -0.1) is 0 Å². The van der Waals surface area contributed by atoms with E-state index in [0.717, 1.165) is 0 Å². The number of nitrogens with one attached hydrogen (secondary N) is 1. The van der Waals surface area contributed by atoms with Gasteiger partial charge in [0.2, 0.25) is 10.0 Å². The maximum absolute atomic E-state index is 12.6. The molecule has 1 aromatic rings. The highest BCUT2D eigenvalue weighted by molar-refractivity contribution is 7.99. The van der Waals surface area contributed by atoms with Gasteiger partial charge in [0, 0.05) is 42.9 Å². The lowest BCUT2D eigenvalue weighted by molar-refractivity contribution is -0.387. The van der Waals surface area contributed by atoms with Crippen LogP contribution in [0.2, 0.25) is 0 Å². The van der Waals surface area contributed by atoms with E-state index < -0.39 is 14.9 Å². The van der Waals surface area contributed by atoms with Crippen LogP contribution in [0.3, 0.4) is 0 Å². The summed E-state index contributed by atoms with van der Waals surface area (Å²) in [5, 5.41) is 14.1. The quantitative estimate of drug-likeness (QED) is 0.653. The molecule has 1 aromatic carbocycles. The smallest absolute Gasteiger partial charge is 0.291 e. The summed E-state index contributed by atoms with van der Waals surface area (Å²) in [5.74, 6) is 1.42. The minimum atomic E-state index is -3.82. The molecule has 0 saturated carbocycles. The molecule has 1 saturated heterocycles. The first-order valence-electron chi connectivity index (χ1n) is 6.57. The summed E-state index contributed by atoms with van der Waals surface area (Å²) in [7, 11) is -3.82. The van der Waals surface area contributed by atoms with Gasteiger partial charge in [-0.2, -0.15) is 16.1 Å². The minimum Gasteiger partial charge on any atom is -0.385 e. The number of sulfonamides is 1. The molecule has 21 heavy (non-hydrogen) atoms. The fourth-order valence-corrected chi connectivity index (χ4v) is 4.83. The zero-order valence-electron chi connectivity index (χ0n) is 11.6. The average molecular weight is 331 g/mol. The SMILES string of the molecule is CCNc1ccc(S(=O)(=O)N2CCSCC2)c([N+](=O)[O-])c1. The Morgan fingerprint density at radius 3 is 2.62 bits per heavy atom. The lowest BCUT2D eigenvalue weighted by Crippen LogP contribution is -2.38. The molecule has 0 atom stereocenters. The van der Waals surface area contributed by atoms with Crippen LogP contribution in [0.25, 0.3) is 0 Å². The van der Waals surface area contributed by atoms with Gasteiger partial charge in [-0.05, 0) is 19.1 Å². The van der Waals surface area contributed by atoms with Crippen LogP contribution in [0.1, 0.15) is 6.92 Å². The average Bonchev–Trinajstić information content (AvgIpc) is 2.48. The highest BCUT2D eigenvalue weighted by atomic mass is 32.2. The molecule has 0 amide bonds. The maximum atomic E-state index is 12.6. The topological polar surface area (TPSA) is 92.6 Å². The van der Waals surface area contributed by atoms with Crippen molar-refractivity contribution < 1.29 is 13.3 Å². The molecule has 0 bridgehead atoms. The third-order valence-corrected chi connectivity index (χ3v) is 6.01. The van der Waals surface area contributed by atoms with Gasteiger partial charge in [0.25, 0.3) is 5.69 Å². The van der Waals surface area contributed by atoms with Crippen LogP contribution < -0.4 is 5.32 Å². The molecule has 0 aliphatic carbocycles. The van der Waals surface area contributed by atoms with Crippen molar-refractivity contribution in [3.8, 4) is 0 Å². The lowest BCUT2D eigenvalue weighted by atomic mass is 10.3. The highest BCUT2D eigenvalue weighted by Crippen LogP contribution is 2.30. The Balaban J connectivity index is 2.44. The Hall–Kier alpha value is -1.32. The van der Waals surface area contributed by atoms with Crippen molar-refractivity contribution in [2.45, 2.75) is 11.8 Å². The van der Waals surface area contributed by atoms with Gasteiger partial charge in [-0.3, -0.25) is 10.1 Å². The van der Waals surface area contributed by atoms with E-state index in [9.17, 15) is 18.5 Å². The normalized spacial score (nSPS) is 16.6. The monoisotopic (exact) mass is 331 g/mol. The molecular weight excluding hydrogens is 314 g/mol. The van der Waals surface area contributed by atoms with Gasteiger partial charge in [0.15, 0.2) is 4.90 Å².